The van der Waals surface area contributed by atoms with Crippen molar-refractivity contribution in [1.82, 2.24) is 0 Å². The summed E-state index contributed by atoms with van der Waals surface area (Å²) in [5, 5.41) is 19.2. The first kappa shape index (κ1) is 13.1. The van der Waals surface area contributed by atoms with E-state index in [-0.39, 0.29) is 11.6 Å². The molecule has 1 unspecified atom stereocenters. The molecule has 0 aliphatic carbocycles. The van der Waals surface area contributed by atoms with Crippen LogP contribution in [0.2, 0.25) is 0 Å². The second-order valence-corrected chi connectivity index (χ2v) is 4.91. The van der Waals surface area contributed by atoms with E-state index in [0.29, 0.717) is 16.5 Å². The van der Waals surface area contributed by atoms with Crippen LogP contribution in [0.5, 0.6) is 5.75 Å². The number of hydrogen-bond acceptors (Lipinski definition) is 2. The van der Waals surface area contributed by atoms with E-state index < -0.39 is 6.10 Å². The van der Waals surface area contributed by atoms with E-state index >= 15 is 0 Å². The number of aliphatic hydroxyl groups excluding tert-OH is 1. The minimum absolute atomic E-state index is 0.192. The van der Waals surface area contributed by atoms with Crippen LogP contribution in [0.1, 0.15) is 17.2 Å². The van der Waals surface area contributed by atoms with Crippen molar-refractivity contribution in [2.75, 3.05) is 0 Å². The Bertz CT molecular complexity index is 540. The minimum atomic E-state index is -0.702. The monoisotopic (exact) mass is 310 g/mol. The van der Waals surface area contributed by atoms with Gasteiger partial charge < -0.3 is 10.2 Å². The molecule has 0 aliphatic rings. The Morgan fingerprint density at radius 3 is 2.39 bits per heavy atom. The number of aromatic hydroxyl groups is 1. The zero-order valence-electron chi connectivity index (χ0n) is 9.48. The largest absolute Gasteiger partial charge is 0.508 e. The van der Waals surface area contributed by atoms with E-state index in [4.69, 9.17) is 5.11 Å². The van der Waals surface area contributed by atoms with Crippen LogP contribution in [0.4, 0.5) is 4.39 Å². The van der Waals surface area contributed by atoms with Crippen molar-refractivity contribution in [1.29, 1.82) is 0 Å². The Kier molecular flexibility index (Phi) is 3.99. The molecule has 0 bridgehead atoms. The lowest BCUT2D eigenvalue weighted by molar-refractivity contribution is 0.178. The van der Waals surface area contributed by atoms with Crippen molar-refractivity contribution in [2.45, 2.75) is 12.5 Å². The average Bonchev–Trinajstić information content (AvgIpc) is 2.35. The molecule has 2 rings (SSSR count). The number of aliphatic hydroxyl groups is 1. The molecule has 0 fully saturated rings. The van der Waals surface area contributed by atoms with Gasteiger partial charge in [-0.3, -0.25) is 0 Å². The van der Waals surface area contributed by atoms with Crippen LogP contribution in [0.3, 0.4) is 0 Å². The van der Waals surface area contributed by atoms with Crippen LogP contribution in [0.15, 0.2) is 46.9 Å². The highest BCUT2D eigenvalue weighted by Gasteiger charge is 2.10. The molecule has 2 aromatic rings. The van der Waals surface area contributed by atoms with Gasteiger partial charge >= 0.3 is 0 Å². The van der Waals surface area contributed by atoms with Gasteiger partial charge in [0.25, 0.3) is 0 Å². The third-order valence-electron chi connectivity index (χ3n) is 2.69. The summed E-state index contributed by atoms with van der Waals surface area (Å²) in [5.41, 5.74) is 1.55. The van der Waals surface area contributed by atoms with E-state index in [0.717, 1.165) is 5.56 Å². The molecule has 2 nitrogen and oxygen atoms in total. The lowest BCUT2D eigenvalue weighted by Gasteiger charge is -2.11. The summed E-state index contributed by atoms with van der Waals surface area (Å²) in [6, 6.07) is 11.1. The fourth-order valence-corrected chi connectivity index (χ4v) is 2.09. The van der Waals surface area contributed by atoms with Crippen LogP contribution < -0.4 is 0 Å². The quantitative estimate of drug-likeness (QED) is 0.910. The van der Waals surface area contributed by atoms with Crippen LogP contribution in [0, 0.1) is 5.82 Å². The van der Waals surface area contributed by atoms with Gasteiger partial charge in [-0.25, -0.2) is 4.39 Å². The Labute approximate surface area is 113 Å². The summed E-state index contributed by atoms with van der Waals surface area (Å²) in [5.74, 6) is -0.159. The molecule has 2 N–H and O–H groups in total. The second-order valence-electron chi connectivity index (χ2n) is 4.06. The lowest BCUT2D eigenvalue weighted by atomic mass is 10.0. The fourth-order valence-electron chi connectivity index (χ4n) is 1.69. The third kappa shape index (κ3) is 3.09. The first-order chi connectivity index (χ1) is 8.56. The summed E-state index contributed by atoms with van der Waals surface area (Å²) < 4.78 is 13.4. The summed E-state index contributed by atoms with van der Waals surface area (Å²) in [6.45, 7) is 0. The van der Waals surface area contributed by atoms with Gasteiger partial charge in [0.05, 0.1) is 10.6 Å². The van der Waals surface area contributed by atoms with Gasteiger partial charge in [-0.05, 0) is 51.3 Å². The van der Waals surface area contributed by atoms with Crippen LogP contribution in [-0.4, -0.2) is 10.2 Å². The number of rotatable bonds is 3. The SMILES string of the molecule is Oc1ccc(CC(O)c2ccc(F)c(Br)c2)cc1. The molecular formula is C14H12BrFO2. The number of benzene rings is 2. The molecule has 0 aliphatic heterocycles. The summed E-state index contributed by atoms with van der Waals surface area (Å²) >= 11 is 3.09. The molecule has 1 atom stereocenters. The molecular weight excluding hydrogens is 299 g/mol. The molecule has 0 heterocycles. The first-order valence-corrected chi connectivity index (χ1v) is 6.26. The van der Waals surface area contributed by atoms with Crippen molar-refractivity contribution in [3.63, 3.8) is 0 Å². The smallest absolute Gasteiger partial charge is 0.137 e. The molecule has 0 saturated heterocycles. The van der Waals surface area contributed by atoms with Gasteiger partial charge in [-0.15, -0.1) is 0 Å². The third-order valence-corrected chi connectivity index (χ3v) is 3.30. The molecule has 0 saturated carbocycles. The number of phenolic OH excluding ortho intramolecular Hbond substituents is 1. The molecule has 18 heavy (non-hydrogen) atoms. The topological polar surface area (TPSA) is 40.5 Å². The Hall–Kier alpha value is -1.39. The van der Waals surface area contributed by atoms with Gasteiger partial charge in [-0.2, -0.15) is 0 Å². The van der Waals surface area contributed by atoms with Gasteiger partial charge in [0.2, 0.25) is 0 Å². The predicted molar refractivity (Wildman–Crippen MR) is 70.9 cm³/mol. The van der Waals surface area contributed by atoms with E-state index in [1.165, 1.54) is 6.07 Å². The number of phenols is 1. The maximum atomic E-state index is 13.1. The Morgan fingerprint density at radius 1 is 1.11 bits per heavy atom. The summed E-state index contributed by atoms with van der Waals surface area (Å²) in [7, 11) is 0. The minimum Gasteiger partial charge on any atom is -0.508 e. The van der Waals surface area contributed by atoms with Crippen LogP contribution in [0.25, 0.3) is 0 Å². The van der Waals surface area contributed by atoms with Crippen molar-refractivity contribution in [2.24, 2.45) is 0 Å². The molecule has 2 aromatic carbocycles. The van der Waals surface area contributed by atoms with E-state index in [9.17, 15) is 9.50 Å². The zero-order chi connectivity index (χ0) is 13.1. The molecule has 0 amide bonds. The maximum Gasteiger partial charge on any atom is 0.137 e. The van der Waals surface area contributed by atoms with Crippen molar-refractivity contribution >= 4 is 15.9 Å². The van der Waals surface area contributed by atoms with Crippen LogP contribution in [-0.2, 0) is 6.42 Å². The predicted octanol–water partition coefficient (Wildman–Crippen LogP) is 3.57. The normalized spacial score (nSPS) is 12.4. The van der Waals surface area contributed by atoms with E-state index in [1.54, 1.807) is 36.4 Å². The van der Waals surface area contributed by atoms with Gasteiger partial charge in [0.15, 0.2) is 0 Å². The lowest BCUT2D eigenvalue weighted by Crippen LogP contribution is -2.02. The van der Waals surface area contributed by atoms with Crippen molar-refractivity contribution < 1.29 is 14.6 Å². The molecule has 0 spiro atoms. The Balaban J connectivity index is 2.13. The van der Waals surface area contributed by atoms with Crippen molar-refractivity contribution in [3.05, 3.63) is 63.9 Å². The van der Waals surface area contributed by atoms with E-state index in [2.05, 4.69) is 15.9 Å². The highest BCUT2D eigenvalue weighted by Crippen LogP contribution is 2.24. The maximum absolute atomic E-state index is 13.1. The standard InChI is InChI=1S/C14H12BrFO2/c15-12-8-10(3-6-13(12)16)14(18)7-9-1-4-11(17)5-2-9/h1-6,8,14,17-18H,7H2. The van der Waals surface area contributed by atoms with Gasteiger partial charge in [0.1, 0.15) is 11.6 Å². The summed E-state index contributed by atoms with van der Waals surface area (Å²) in [4.78, 5) is 0. The molecule has 94 valence electrons. The van der Waals surface area contributed by atoms with Gasteiger partial charge in [0, 0.05) is 6.42 Å². The fraction of sp³-hybridized carbons (Fsp3) is 0.143. The summed E-state index contributed by atoms with van der Waals surface area (Å²) in [6.07, 6.45) is -0.287. The molecule has 4 heteroatoms. The van der Waals surface area contributed by atoms with Crippen LogP contribution >= 0.6 is 15.9 Å². The number of hydrogen-bond donors (Lipinski definition) is 2. The van der Waals surface area contributed by atoms with Crippen molar-refractivity contribution in [3.8, 4) is 5.75 Å². The second kappa shape index (κ2) is 5.50. The average molecular weight is 311 g/mol. The first-order valence-electron chi connectivity index (χ1n) is 5.47. The van der Waals surface area contributed by atoms with E-state index in [1.807, 2.05) is 0 Å². The Morgan fingerprint density at radius 2 is 1.78 bits per heavy atom. The molecule has 0 aromatic heterocycles. The number of halogens is 2. The highest BCUT2D eigenvalue weighted by molar-refractivity contribution is 9.10. The zero-order valence-corrected chi connectivity index (χ0v) is 11.1. The van der Waals surface area contributed by atoms with Gasteiger partial charge in [-0.1, -0.05) is 18.2 Å². The molecule has 0 radical (unpaired) electrons. The highest BCUT2D eigenvalue weighted by atomic mass is 79.9.